The van der Waals surface area contributed by atoms with E-state index in [0.29, 0.717) is 12.5 Å². The van der Waals surface area contributed by atoms with Crippen LogP contribution in [0.5, 0.6) is 5.75 Å². The third-order valence-corrected chi connectivity index (χ3v) is 4.55. The van der Waals surface area contributed by atoms with Crippen LogP contribution in [0.3, 0.4) is 0 Å². The fraction of sp³-hybridized carbons (Fsp3) is 0.375. The summed E-state index contributed by atoms with van der Waals surface area (Å²) in [6.45, 7) is 4.60. The van der Waals surface area contributed by atoms with Gasteiger partial charge in [-0.15, -0.1) is 11.3 Å². The van der Waals surface area contributed by atoms with E-state index in [9.17, 15) is 0 Å². The van der Waals surface area contributed by atoms with Crippen LogP contribution in [0, 0.1) is 25.2 Å². The van der Waals surface area contributed by atoms with Crippen molar-refractivity contribution in [3.05, 3.63) is 44.9 Å². The van der Waals surface area contributed by atoms with E-state index in [1.54, 1.807) is 0 Å². The second-order valence-corrected chi connectivity index (χ2v) is 6.33. The van der Waals surface area contributed by atoms with E-state index in [0.717, 1.165) is 34.2 Å². The zero-order valence-corrected chi connectivity index (χ0v) is 12.5. The van der Waals surface area contributed by atoms with Gasteiger partial charge in [0.15, 0.2) is 0 Å². The predicted octanol–water partition coefficient (Wildman–Crippen LogP) is 4.09. The Kier molecular flexibility index (Phi) is 3.45. The fourth-order valence-electron chi connectivity index (χ4n) is 2.10. The Morgan fingerprint density at radius 1 is 1.35 bits per heavy atom. The minimum Gasteiger partial charge on any atom is -0.486 e. The lowest BCUT2D eigenvalue weighted by atomic mass is 10.1. The van der Waals surface area contributed by atoms with Crippen molar-refractivity contribution in [3.63, 3.8) is 0 Å². The molecular weight excluding hydrogens is 268 g/mol. The molecule has 3 rings (SSSR count). The third-order valence-electron chi connectivity index (χ3n) is 3.60. The number of benzene rings is 1. The Morgan fingerprint density at radius 2 is 2.15 bits per heavy atom. The number of rotatable bonds is 4. The minimum absolute atomic E-state index is 0.439. The summed E-state index contributed by atoms with van der Waals surface area (Å²) >= 11 is 1.46. The van der Waals surface area contributed by atoms with Crippen molar-refractivity contribution in [2.75, 3.05) is 0 Å². The maximum Gasteiger partial charge on any atom is 0.140 e. The maximum absolute atomic E-state index is 9.14. The van der Waals surface area contributed by atoms with E-state index in [2.05, 4.69) is 31.0 Å². The zero-order chi connectivity index (χ0) is 14.1. The zero-order valence-electron chi connectivity index (χ0n) is 11.6. The molecule has 1 heterocycles. The van der Waals surface area contributed by atoms with Gasteiger partial charge in [0.25, 0.3) is 0 Å². The monoisotopic (exact) mass is 284 g/mol. The van der Waals surface area contributed by atoms with Crippen molar-refractivity contribution in [2.45, 2.75) is 39.2 Å². The van der Waals surface area contributed by atoms with E-state index in [4.69, 9.17) is 10.00 Å². The van der Waals surface area contributed by atoms with Crippen LogP contribution in [0.15, 0.2) is 18.2 Å². The summed E-state index contributed by atoms with van der Waals surface area (Å²) in [5.74, 6) is 1.37. The van der Waals surface area contributed by atoms with Gasteiger partial charge in [-0.3, -0.25) is 0 Å². The smallest absolute Gasteiger partial charge is 0.140 e. The first-order valence-electron chi connectivity index (χ1n) is 6.77. The molecule has 1 fully saturated rings. The van der Waals surface area contributed by atoms with Crippen LogP contribution in [-0.4, -0.2) is 4.98 Å². The number of ether oxygens (including phenoxy) is 1. The molecule has 0 N–H and O–H groups in total. The van der Waals surface area contributed by atoms with Gasteiger partial charge in [0.2, 0.25) is 0 Å². The predicted molar refractivity (Wildman–Crippen MR) is 79.1 cm³/mol. The maximum atomic E-state index is 9.14. The number of aromatic nitrogens is 1. The Balaban J connectivity index is 1.72. The van der Waals surface area contributed by atoms with Crippen molar-refractivity contribution < 1.29 is 4.74 Å². The van der Waals surface area contributed by atoms with E-state index in [1.165, 1.54) is 22.5 Å². The van der Waals surface area contributed by atoms with E-state index < -0.39 is 0 Å². The molecule has 0 bridgehead atoms. The summed E-state index contributed by atoms with van der Waals surface area (Å²) in [6, 6.07) is 8.32. The van der Waals surface area contributed by atoms with Gasteiger partial charge in [0.05, 0.1) is 5.69 Å². The summed E-state index contributed by atoms with van der Waals surface area (Å²) in [4.78, 5) is 5.32. The minimum atomic E-state index is 0.439. The van der Waals surface area contributed by atoms with Gasteiger partial charge in [-0.2, -0.15) is 5.26 Å². The molecule has 4 heteroatoms. The van der Waals surface area contributed by atoms with E-state index >= 15 is 0 Å². The van der Waals surface area contributed by atoms with Crippen LogP contribution in [0.4, 0.5) is 0 Å². The number of thiazole rings is 1. The van der Waals surface area contributed by atoms with Gasteiger partial charge < -0.3 is 4.74 Å². The highest BCUT2D eigenvalue weighted by Crippen LogP contribution is 2.42. The SMILES string of the molecule is Cc1ccc(OCc2nc(C3CC3)c(C#N)s2)cc1C. The van der Waals surface area contributed by atoms with E-state index in [1.807, 2.05) is 12.1 Å². The molecule has 0 spiro atoms. The van der Waals surface area contributed by atoms with Crippen molar-refractivity contribution in [1.29, 1.82) is 5.26 Å². The molecule has 2 aromatic rings. The van der Waals surface area contributed by atoms with Crippen molar-refractivity contribution >= 4 is 11.3 Å². The molecule has 1 aliphatic carbocycles. The van der Waals surface area contributed by atoms with Gasteiger partial charge in [-0.25, -0.2) is 4.98 Å². The Labute approximate surface area is 122 Å². The third kappa shape index (κ3) is 2.68. The van der Waals surface area contributed by atoms with Crippen LogP contribution in [0.25, 0.3) is 0 Å². The Hall–Kier alpha value is -1.86. The first kappa shape index (κ1) is 13.1. The lowest BCUT2D eigenvalue weighted by Crippen LogP contribution is -1.96. The highest BCUT2D eigenvalue weighted by atomic mass is 32.1. The van der Waals surface area contributed by atoms with Gasteiger partial charge in [0.1, 0.15) is 28.3 Å². The molecule has 20 heavy (non-hydrogen) atoms. The first-order chi connectivity index (χ1) is 9.67. The van der Waals surface area contributed by atoms with Gasteiger partial charge >= 0.3 is 0 Å². The molecular formula is C16H16N2OS. The van der Waals surface area contributed by atoms with Crippen LogP contribution in [-0.2, 0) is 6.61 Å². The summed E-state index contributed by atoms with van der Waals surface area (Å²) < 4.78 is 5.78. The largest absolute Gasteiger partial charge is 0.486 e. The van der Waals surface area contributed by atoms with Crippen molar-refractivity contribution in [2.24, 2.45) is 0 Å². The number of aryl methyl sites for hydroxylation is 2. The van der Waals surface area contributed by atoms with Crippen molar-refractivity contribution in [3.8, 4) is 11.8 Å². The fourth-order valence-corrected chi connectivity index (χ4v) is 2.96. The quantitative estimate of drug-likeness (QED) is 0.849. The highest BCUT2D eigenvalue weighted by Gasteiger charge is 2.29. The molecule has 1 aliphatic rings. The van der Waals surface area contributed by atoms with Crippen LogP contribution >= 0.6 is 11.3 Å². The summed E-state index contributed by atoms with van der Waals surface area (Å²) in [5.41, 5.74) is 3.46. The molecule has 0 amide bonds. The molecule has 0 atom stereocenters. The number of hydrogen-bond acceptors (Lipinski definition) is 4. The van der Waals surface area contributed by atoms with Crippen LogP contribution in [0.2, 0.25) is 0 Å². The molecule has 1 saturated carbocycles. The summed E-state index contributed by atoms with van der Waals surface area (Å²) in [5, 5.41) is 10.0. The Bertz CT molecular complexity index is 680. The number of hydrogen-bond donors (Lipinski definition) is 0. The van der Waals surface area contributed by atoms with Crippen LogP contribution < -0.4 is 4.74 Å². The molecule has 0 saturated heterocycles. The second-order valence-electron chi connectivity index (χ2n) is 5.24. The average molecular weight is 284 g/mol. The van der Waals surface area contributed by atoms with Gasteiger partial charge in [-0.1, -0.05) is 6.07 Å². The summed E-state index contributed by atoms with van der Waals surface area (Å²) in [7, 11) is 0. The number of nitriles is 1. The molecule has 102 valence electrons. The molecule has 0 radical (unpaired) electrons. The molecule has 0 aliphatic heterocycles. The van der Waals surface area contributed by atoms with E-state index in [-0.39, 0.29) is 0 Å². The van der Waals surface area contributed by atoms with Crippen LogP contribution in [0.1, 0.15) is 45.5 Å². The van der Waals surface area contributed by atoms with Crippen molar-refractivity contribution in [1.82, 2.24) is 4.98 Å². The molecule has 1 aromatic carbocycles. The lowest BCUT2D eigenvalue weighted by molar-refractivity contribution is 0.305. The Morgan fingerprint density at radius 3 is 2.80 bits per heavy atom. The van der Waals surface area contributed by atoms with Gasteiger partial charge in [-0.05, 0) is 49.9 Å². The number of nitrogens with zero attached hydrogens (tertiary/aromatic N) is 2. The molecule has 1 aromatic heterocycles. The van der Waals surface area contributed by atoms with Gasteiger partial charge in [0, 0.05) is 5.92 Å². The topological polar surface area (TPSA) is 45.9 Å². The standard InChI is InChI=1S/C16H16N2OS/c1-10-3-6-13(7-11(10)2)19-9-15-18-16(12-4-5-12)14(8-17)20-15/h3,6-7,12H,4-5,9H2,1-2H3. The lowest BCUT2D eigenvalue weighted by Gasteiger charge is -2.06. The second kappa shape index (κ2) is 5.26. The molecule has 0 unspecified atom stereocenters. The summed E-state index contributed by atoms with van der Waals surface area (Å²) in [6.07, 6.45) is 2.33. The molecule has 3 nitrogen and oxygen atoms in total. The first-order valence-corrected chi connectivity index (χ1v) is 7.59. The highest BCUT2D eigenvalue weighted by molar-refractivity contribution is 7.12. The average Bonchev–Trinajstić information content (AvgIpc) is 3.20. The normalized spacial score (nSPS) is 14.1.